The first-order valence-electron chi connectivity index (χ1n) is 10.7. The van der Waals surface area contributed by atoms with E-state index in [9.17, 15) is 13.2 Å². The molecule has 1 unspecified atom stereocenters. The summed E-state index contributed by atoms with van der Waals surface area (Å²) in [5.41, 5.74) is 0.812. The number of hydrogen-bond acceptors (Lipinski definition) is 5. The molecule has 1 atom stereocenters. The second-order valence-corrected chi connectivity index (χ2v) is 9.22. The first kappa shape index (κ1) is 25.3. The number of nitrogens with zero attached hydrogens (tertiary/aromatic N) is 1. The molecule has 0 bridgehead atoms. The lowest BCUT2D eigenvalue weighted by atomic mass is 10.1. The fourth-order valence-corrected chi connectivity index (χ4v) is 3.53. The number of unbranched alkanes of at least 4 members (excludes halogenated alkanes) is 4. The maximum absolute atomic E-state index is 12.8. The summed E-state index contributed by atoms with van der Waals surface area (Å²) in [7, 11) is -2.20. The van der Waals surface area contributed by atoms with Gasteiger partial charge in [0.05, 0.1) is 12.9 Å². The van der Waals surface area contributed by atoms with Crippen LogP contribution < -0.4 is 8.92 Å². The quantitative estimate of drug-likeness (QED) is 0.311. The van der Waals surface area contributed by atoms with Crippen molar-refractivity contribution < 1.29 is 22.1 Å². The van der Waals surface area contributed by atoms with Gasteiger partial charge in [0.1, 0.15) is 0 Å². The van der Waals surface area contributed by atoms with Crippen LogP contribution in [-0.4, -0.2) is 38.1 Å². The van der Waals surface area contributed by atoms with Gasteiger partial charge in [0.2, 0.25) is 5.91 Å². The fourth-order valence-electron chi connectivity index (χ4n) is 3.01. The van der Waals surface area contributed by atoms with E-state index in [1.165, 1.54) is 26.9 Å². The summed E-state index contributed by atoms with van der Waals surface area (Å²) in [6, 6.07) is 5.27. The van der Waals surface area contributed by atoms with Crippen LogP contribution in [0.15, 0.2) is 18.2 Å². The number of ether oxygens (including phenoxy) is 1. The van der Waals surface area contributed by atoms with Crippen LogP contribution in [0.4, 0.5) is 0 Å². The van der Waals surface area contributed by atoms with Gasteiger partial charge in [-0.25, -0.2) is 0 Å². The molecule has 29 heavy (non-hydrogen) atoms. The monoisotopic (exact) mass is 427 g/mol. The number of methoxy groups -OCH3 is 1. The molecule has 1 rings (SSSR count). The smallest absolute Gasteiger partial charge is 0.309 e. The minimum atomic E-state index is -3.67. The highest BCUT2D eigenvalue weighted by Gasteiger charge is 2.21. The molecule has 0 aliphatic heterocycles. The Morgan fingerprint density at radius 1 is 1.07 bits per heavy atom. The van der Waals surface area contributed by atoms with Crippen LogP contribution in [0.5, 0.6) is 11.5 Å². The molecule has 7 heteroatoms. The standard InChI is InChI=1S/C22H37NO5S/c1-6-9-10-11-12-13-22(24)23(18(4)7-2)17-19-14-15-20(27-5)21(16-19)28-29(25,26)8-3/h14-16,18H,6-13,17H2,1-5H3. The normalized spacial score (nSPS) is 12.4. The molecule has 0 aliphatic carbocycles. The van der Waals surface area contributed by atoms with Crippen molar-refractivity contribution in [1.82, 2.24) is 4.90 Å². The number of rotatable bonds is 14. The van der Waals surface area contributed by atoms with Gasteiger partial charge in [-0.3, -0.25) is 4.79 Å². The fraction of sp³-hybridized carbons (Fsp3) is 0.682. The summed E-state index contributed by atoms with van der Waals surface area (Å²) >= 11 is 0. The van der Waals surface area contributed by atoms with Crippen molar-refractivity contribution in [3.05, 3.63) is 23.8 Å². The third-order valence-corrected chi connectivity index (χ3v) is 6.23. The Hall–Kier alpha value is -1.76. The number of hydrogen-bond donors (Lipinski definition) is 0. The van der Waals surface area contributed by atoms with Crippen molar-refractivity contribution in [1.29, 1.82) is 0 Å². The molecular weight excluding hydrogens is 390 g/mol. The average Bonchev–Trinajstić information content (AvgIpc) is 2.71. The van der Waals surface area contributed by atoms with Gasteiger partial charge in [-0.1, -0.05) is 45.6 Å². The third kappa shape index (κ3) is 8.64. The summed E-state index contributed by atoms with van der Waals surface area (Å²) in [5.74, 6) is 0.511. The molecule has 0 heterocycles. The summed E-state index contributed by atoms with van der Waals surface area (Å²) in [5, 5.41) is 0. The van der Waals surface area contributed by atoms with Gasteiger partial charge in [0.15, 0.2) is 11.5 Å². The Morgan fingerprint density at radius 2 is 1.76 bits per heavy atom. The van der Waals surface area contributed by atoms with Crippen LogP contribution in [0.1, 0.15) is 78.2 Å². The van der Waals surface area contributed by atoms with Crippen LogP contribution in [-0.2, 0) is 21.5 Å². The Kier molecular flexibility index (Phi) is 11.1. The lowest BCUT2D eigenvalue weighted by molar-refractivity contribution is -0.134. The number of benzene rings is 1. The molecule has 0 saturated carbocycles. The highest BCUT2D eigenvalue weighted by atomic mass is 32.2. The van der Waals surface area contributed by atoms with Crippen molar-refractivity contribution in [2.75, 3.05) is 12.9 Å². The van der Waals surface area contributed by atoms with Crippen LogP contribution in [0.2, 0.25) is 0 Å². The van der Waals surface area contributed by atoms with Crippen LogP contribution in [0.3, 0.4) is 0 Å². The minimum Gasteiger partial charge on any atom is -0.493 e. The van der Waals surface area contributed by atoms with Gasteiger partial charge in [0.25, 0.3) is 0 Å². The van der Waals surface area contributed by atoms with E-state index in [2.05, 4.69) is 13.8 Å². The molecule has 1 aromatic carbocycles. The molecule has 1 aromatic rings. The lowest BCUT2D eigenvalue weighted by Gasteiger charge is -2.29. The largest absolute Gasteiger partial charge is 0.493 e. The number of carbonyl (C=O) groups excluding carboxylic acids is 1. The maximum atomic E-state index is 12.8. The van der Waals surface area contributed by atoms with Gasteiger partial charge < -0.3 is 13.8 Å². The molecular formula is C22H37NO5S. The van der Waals surface area contributed by atoms with E-state index in [4.69, 9.17) is 8.92 Å². The van der Waals surface area contributed by atoms with E-state index >= 15 is 0 Å². The van der Waals surface area contributed by atoms with Crippen molar-refractivity contribution in [3.63, 3.8) is 0 Å². The molecule has 0 radical (unpaired) electrons. The van der Waals surface area contributed by atoms with Gasteiger partial charge in [-0.2, -0.15) is 8.42 Å². The minimum absolute atomic E-state index is 0.101. The van der Waals surface area contributed by atoms with Gasteiger partial charge in [-0.15, -0.1) is 0 Å². The maximum Gasteiger partial charge on any atom is 0.309 e. The van der Waals surface area contributed by atoms with E-state index in [0.29, 0.717) is 18.7 Å². The molecule has 166 valence electrons. The zero-order valence-corrected chi connectivity index (χ0v) is 19.4. The lowest BCUT2D eigenvalue weighted by Crippen LogP contribution is -2.37. The molecule has 0 N–H and O–H groups in total. The second-order valence-electron chi connectivity index (χ2n) is 7.36. The molecule has 0 aliphatic rings. The number of carbonyl (C=O) groups is 1. The molecule has 0 saturated heterocycles. The molecule has 0 spiro atoms. The van der Waals surface area contributed by atoms with E-state index in [1.807, 2.05) is 17.9 Å². The Morgan fingerprint density at radius 3 is 2.34 bits per heavy atom. The number of amides is 1. The highest BCUT2D eigenvalue weighted by molar-refractivity contribution is 7.87. The molecule has 0 aromatic heterocycles. The Bertz CT molecular complexity index is 733. The van der Waals surface area contributed by atoms with Crippen LogP contribution >= 0.6 is 0 Å². The Balaban J connectivity index is 2.94. The van der Waals surface area contributed by atoms with Gasteiger partial charge in [0, 0.05) is 19.0 Å². The SMILES string of the molecule is CCCCCCCC(=O)N(Cc1ccc(OC)c(OS(=O)(=O)CC)c1)C(C)CC. The zero-order chi connectivity index (χ0) is 21.9. The van der Waals surface area contributed by atoms with Gasteiger partial charge in [-0.05, 0) is 44.4 Å². The van der Waals surface area contributed by atoms with E-state index in [0.717, 1.165) is 31.2 Å². The van der Waals surface area contributed by atoms with Crippen molar-refractivity contribution in [3.8, 4) is 11.5 Å². The van der Waals surface area contributed by atoms with E-state index < -0.39 is 10.1 Å². The van der Waals surface area contributed by atoms with Crippen molar-refractivity contribution in [2.45, 2.75) is 85.2 Å². The van der Waals surface area contributed by atoms with Crippen molar-refractivity contribution >= 4 is 16.0 Å². The van der Waals surface area contributed by atoms with Crippen LogP contribution in [0, 0.1) is 0 Å². The topological polar surface area (TPSA) is 72.9 Å². The van der Waals surface area contributed by atoms with Crippen LogP contribution in [0.25, 0.3) is 0 Å². The van der Waals surface area contributed by atoms with E-state index in [-0.39, 0.29) is 23.5 Å². The first-order valence-corrected chi connectivity index (χ1v) is 12.2. The molecule has 0 fully saturated rings. The highest BCUT2D eigenvalue weighted by Crippen LogP contribution is 2.30. The van der Waals surface area contributed by atoms with Crippen molar-refractivity contribution in [2.24, 2.45) is 0 Å². The second kappa shape index (κ2) is 12.7. The molecule has 6 nitrogen and oxygen atoms in total. The predicted octanol–water partition coefficient (Wildman–Crippen LogP) is 4.91. The summed E-state index contributed by atoms with van der Waals surface area (Å²) in [6.07, 6.45) is 6.92. The zero-order valence-electron chi connectivity index (χ0n) is 18.6. The summed E-state index contributed by atoms with van der Waals surface area (Å²) in [6.45, 7) is 8.21. The summed E-state index contributed by atoms with van der Waals surface area (Å²) < 4.78 is 34.2. The summed E-state index contributed by atoms with van der Waals surface area (Å²) in [4.78, 5) is 14.7. The average molecular weight is 428 g/mol. The third-order valence-electron chi connectivity index (χ3n) is 5.09. The molecule has 1 amide bonds. The Labute approximate surface area is 176 Å². The predicted molar refractivity (Wildman–Crippen MR) is 117 cm³/mol. The van der Waals surface area contributed by atoms with E-state index in [1.54, 1.807) is 12.1 Å². The van der Waals surface area contributed by atoms with Gasteiger partial charge >= 0.3 is 10.1 Å². The first-order chi connectivity index (χ1) is 13.8.